The fourth-order valence-electron chi connectivity index (χ4n) is 0.918. The summed E-state index contributed by atoms with van der Waals surface area (Å²) in [4.78, 5) is 22.6. The number of nitrogens with one attached hydrogen (secondary N) is 1. The van der Waals surface area contributed by atoms with Crippen LogP contribution in [0.25, 0.3) is 0 Å². The monoisotopic (exact) mass is 227 g/mol. The summed E-state index contributed by atoms with van der Waals surface area (Å²) in [6.07, 6.45) is 0. The molecule has 0 aliphatic heterocycles. The standard InChI is InChI=1S/C11H13NO2.ClH/c1-8(2)10(13)12-11(14)9-6-4-3-5-7-9;/h3-8H,1-2H3,(H,12,13,14);1H. The van der Waals surface area contributed by atoms with Crippen LogP contribution in [0.15, 0.2) is 30.3 Å². The first-order chi connectivity index (χ1) is 6.61. The van der Waals surface area contributed by atoms with Crippen LogP contribution < -0.4 is 5.32 Å². The molecule has 0 bridgehead atoms. The maximum absolute atomic E-state index is 11.4. The highest BCUT2D eigenvalue weighted by molar-refractivity contribution is 6.05. The third-order valence-electron chi connectivity index (χ3n) is 1.80. The van der Waals surface area contributed by atoms with E-state index in [0.29, 0.717) is 5.56 Å². The molecule has 82 valence electrons. The fraction of sp³-hybridized carbons (Fsp3) is 0.273. The molecule has 0 radical (unpaired) electrons. The van der Waals surface area contributed by atoms with E-state index in [1.165, 1.54) is 0 Å². The van der Waals surface area contributed by atoms with Gasteiger partial charge in [-0.2, -0.15) is 0 Å². The molecule has 0 unspecified atom stereocenters. The van der Waals surface area contributed by atoms with Crippen LogP contribution in [-0.4, -0.2) is 11.8 Å². The Morgan fingerprint density at radius 3 is 2.13 bits per heavy atom. The Morgan fingerprint density at radius 1 is 1.13 bits per heavy atom. The zero-order chi connectivity index (χ0) is 10.6. The predicted octanol–water partition coefficient (Wildman–Crippen LogP) is 2.02. The van der Waals surface area contributed by atoms with Gasteiger partial charge in [0.05, 0.1) is 0 Å². The van der Waals surface area contributed by atoms with E-state index in [1.807, 2.05) is 6.07 Å². The second-order valence-corrected chi connectivity index (χ2v) is 3.34. The average molecular weight is 228 g/mol. The van der Waals surface area contributed by atoms with Crippen LogP contribution in [0.4, 0.5) is 0 Å². The quantitative estimate of drug-likeness (QED) is 0.840. The lowest BCUT2D eigenvalue weighted by Crippen LogP contribution is -2.33. The van der Waals surface area contributed by atoms with Crippen molar-refractivity contribution >= 4 is 24.2 Å². The maximum atomic E-state index is 11.4. The van der Waals surface area contributed by atoms with Gasteiger partial charge in [0.15, 0.2) is 0 Å². The predicted molar refractivity (Wildman–Crippen MR) is 61.0 cm³/mol. The molecule has 0 fully saturated rings. The van der Waals surface area contributed by atoms with Crippen LogP contribution >= 0.6 is 12.4 Å². The van der Waals surface area contributed by atoms with Crippen LogP contribution in [-0.2, 0) is 4.79 Å². The lowest BCUT2D eigenvalue weighted by atomic mass is 10.2. The largest absolute Gasteiger partial charge is 0.292 e. The molecule has 1 aromatic rings. The van der Waals surface area contributed by atoms with Crippen LogP contribution in [0.1, 0.15) is 24.2 Å². The molecule has 1 N–H and O–H groups in total. The SMILES string of the molecule is CC(C)C(=O)NC(=O)c1ccccc1.Cl. The Labute approximate surface area is 95.3 Å². The highest BCUT2D eigenvalue weighted by Crippen LogP contribution is 1.99. The van der Waals surface area contributed by atoms with E-state index >= 15 is 0 Å². The molecule has 0 aliphatic carbocycles. The van der Waals surface area contributed by atoms with Crippen LogP contribution in [0.2, 0.25) is 0 Å². The number of carbonyl (C=O) groups is 2. The van der Waals surface area contributed by atoms with Gasteiger partial charge in [0.2, 0.25) is 5.91 Å². The summed E-state index contributed by atoms with van der Waals surface area (Å²) in [7, 11) is 0. The van der Waals surface area contributed by atoms with Crippen LogP contribution in [0.3, 0.4) is 0 Å². The number of hydrogen-bond acceptors (Lipinski definition) is 2. The van der Waals surface area contributed by atoms with E-state index in [9.17, 15) is 9.59 Å². The lowest BCUT2D eigenvalue weighted by molar-refractivity contribution is -0.122. The average Bonchev–Trinajstić information content (AvgIpc) is 2.19. The van der Waals surface area contributed by atoms with Gasteiger partial charge >= 0.3 is 0 Å². The first-order valence-electron chi connectivity index (χ1n) is 4.51. The van der Waals surface area contributed by atoms with Crippen molar-refractivity contribution in [2.45, 2.75) is 13.8 Å². The van der Waals surface area contributed by atoms with Gasteiger partial charge in [0.25, 0.3) is 5.91 Å². The van der Waals surface area contributed by atoms with E-state index in [2.05, 4.69) is 5.32 Å². The molecule has 0 aliphatic rings. The summed E-state index contributed by atoms with van der Waals surface area (Å²) in [6, 6.07) is 8.68. The number of hydrogen-bond donors (Lipinski definition) is 1. The zero-order valence-corrected chi connectivity index (χ0v) is 9.51. The van der Waals surface area contributed by atoms with Crippen molar-refractivity contribution in [1.29, 1.82) is 0 Å². The van der Waals surface area contributed by atoms with Crippen molar-refractivity contribution in [3.05, 3.63) is 35.9 Å². The molecule has 3 nitrogen and oxygen atoms in total. The first kappa shape index (κ1) is 13.7. The van der Waals surface area contributed by atoms with Crippen LogP contribution in [0, 0.1) is 5.92 Å². The zero-order valence-electron chi connectivity index (χ0n) is 8.69. The van der Waals surface area contributed by atoms with Crippen molar-refractivity contribution in [3.8, 4) is 0 Å². The Bertz CT molecular complexity index is 336. The minimum atomic E-state index is -0.343. The lowest BCUT2D eigenvalue weighted by Gasteiger charge is -2.05. The molecular weight excluding hydrogens is 214 g/mol. The third-order valence-corrected chi connectivity index (χ3v) is 1.80. The van der Waals surface area contributed by atoms with E-state index in [0.717, 1.165) is 0 Å². The summed E-state index contributed by atoms with van der Waals surface area (Å²) in [5.74, 6) is -0.772. The van der Waals surface area contributed by atoms with Crippen molar-refractivity contribution < 1.29 is 9.59 Å². The van der Waals surface area contributed by atoms with E-state index in [4.69, 9.17) is 0 Å². The van der Waals surface area contributed by atoms with Crippen molar-refractivity contribution in [3.63, 3.8) is 0 Å². The molecule has 0 spiro atoms. The Hall–Kier alpha value is -1.35. The van der Waals surface area contributed by atoms with Crippen molar-refractivity contribution in [1.82, 2.24) is 5.32 Å². The fourth-order valence-corrected chi connectivity index (χ4v) is 0.918. The van der Waals surface area contributed by atoms with Gasteiger partial charge in [0.1, 0.15) is 0 Å². The molecule has 0 aromatic heterocycles. The van der Waals surface area contributed by atoms with Crippen molar-refractivity contribution in [2.75, 3.05) is 0 Å². The molecule has 4 heteroatoms. The van der Waals surface area contributed by atoms with Gasteiger partial charge in [0, 0.05) is 11.5 Å². The van der Waals surface area contributed by atoms with Crippen molar-refractivity contribution in [2.24, 2.45) is 5.92 Å². The smallest absolute Gasteiger partial charge is 0.257 e. The first-order valence-corrected chi connectivity index (χ1v) is 4.51. The van der Waals surface area contributed by atoms with E-state index < -0.39 is 0 Å². The minimum Gasteiger partial charge on any atom is -0.292 e. The minimum absolute atomic E-state index is 0. The summed E-state index contributed by atoms with van der Waals surface area (Å²) >= 11 is 0. The maximum Gasteiger partial charge on any atom is 0.257 e. The van der Waals surface area contributed by atoms with Gasteiger partial charge in [-0.3, -0.25) is 14.9 Å². The normalized spacial score (nSPS) is 9.27. The molecule has 0 atom stereocenters. The molecule has 0 heterocycles. The van der Waals surface area contributed by atoms with Crippen LogP contribution in [0.5, 0.6) is 0 Å². The topological polar surface area (TPSA) is 46.2 Å². The molecule has 1 rings (SSSR count). The highest BCUT2D eigenvalue weighted by atomic mass is 35.5. The van der Waals surface area contributed by atoms with E-state index in [-0.39, 0.29) is 30.1 Å². The molecule has 15 heavy (non-hydrogen) atoms. The van der Waals surface area contributed by atoms with E-state index in [1.54, 1.807) is 38.1 Å². The number of rotatable bonds is 2. The summed E-state index contributed by atoms with van der Waals surface area (Å²) in [5.41, 5.74) is 0.501. The molecular formula is C11H14ClNO2. The molecule has 2 amide bonds. The number of halogens is 1. The molecule has 0 saturated heterocycles. The van der Waals surface area contributed by atoms with Gasteiger partial charge in [-0.15, -0.1) is 12.4 Å². The number of imide groups is 1. The van der Waals surface area contributed by atoms with Gasteiger partial charge < -0.3 is 0 Å². The summed E-state index contributed by atoms with van der Waals surface area (Å²) < 4.78 is 0. The van der Waals surface area contributed by atoms with Gasteiger partial charge in [-0.25, -0.2) is 0 Å². The highest BCUT2D eigenvalue weighted by Gasteiger charge is 2.12. The Morgan fingerprint density at radius 2 is 1.67 bits per heavy atom. The number of benzene rings is 1. The van der Waals surface area contributed by atoms with Gasteiger partial charge in [-0.1, -0.05) is 32.0 Å². The second-order valence-electron chi connectivity index (χ2n) is 3.34. The van der Waals surface area contributed by atoms with Gasteiger partial charge in [-0.05, 0) is 12.1 Å². The summed E-state index contributed by atoms with van der Waals surface area (Å²) in [5, 5.41) is 2.32. The molecule has 1 aromatic carbocycles. The Kier molecular flexibility index (Phi) is 5.64. The third kappa shape index (κ3) is 4.13. The second kappa shape index (κ2) is 6.19. The number of amides is 2. The summed E-state index contributed by atoms with van der Waals surface area (Å²) in [6.45, 7) is 3.49. The Balaban J connectivity index is 0.00000196. The molecule has 0 saturated carbocycles. The number of carbonyl (C=O) groups excluding carboxylic acids is 2.